The molecule has 14 nitrogen and oxygen atoms in total. The van der Waals surface area contributed by atoms with Gasteiger partial charge in [0.2, 0.25) is 0 Å². The van der Waals surface area contributed by atoms with Crippen LogP contribution in [0.15, 0.2) is 0 Å². The van der Waals surface area contributed by atoms with E-state index in [4.69, 9.17) is 37.7 Å². The summed E-state index contributed by atoms with van der Waals surface area (Å²) >= 11 is 0. The summed E-state index contributed by atoms with van der Waals surface area (Å²) in [4.78, 5) is 40.0. The zero-order chi connectivity index (χ0) is 23.2. The number of carboxylic acid groups (broad SMARTS) is 3. The van der Waals surface area contributed by atoms with Crippen molar-refractivity contribution in [3.8, 4) is 0 Å². The predicted octanol–water partition coefficient (Wildman–Crippen LogP) is -2.32. The summed E-state index contributed by atoms with van der Waals surface area (Å²) in [7, 11) is 1.59. The largest absolute Gasteiger partial charge is 0.480 e. The summed E-state index contributed by atoms with van der Waals surface area (Å²) < 4.78 is 0. The molecule has 0 saturated heterocycles. The number of hydrogen-bond donors (Lipinski definition) is 10. The second-order valence-corrected chi connectivity index (χ2v) is 5.65. The maximum atomic E-state index is 10.2. The normalized spacial score (nSPS) is 11.6. The molecule has 0 unspecified atom stereocenters. The van der Waals surface area contributed by atoms with Crippen molar-refractivity contribution in [3.63, 3.8) is 0 Å². The highest BCUT2D eigenvalue weighted by atomic mass is 16.5. The Labute approximate surface area is 168 Å². The van der Waals surface area contributed by atoms with Crippen LogP contribution < -0.4 is 33.3 Å². The number of aliphatic carboxylic acids is 3. The number of primary amides is 1. The van der Waals surface area contributed by atoms with Crippen molar-refractivity contribution in [2.45, 2.75) is 44.2 Å². The summed E-state index contributed by atoms with van der Waals surface area (Å²) in [6, 6.07) is -2.24. The van der Waals surface area contributed by atoms with E-state index in [1.165, 1.54) is 0 Å². The Morgan fingerprint density at radius 1 is 0.862 bits per heavy atom. The van der Waals surface area contributed by atoms with Crippen molar-refractivity contribution in [2.75, 3.05) is 26.7 Å². The number of hydroxylamine groups is 1. The molecular formula is C15H34N6O8. The number of hydrogen-bond acceptors (Lipinski definition) is 9. The SMILES string of the molecule is CNCC(=O)O.NC(=O)NCCC[C@H](N)C(=O)O.N[C@@H](CCCCNO)C(=O)O. The quantitative estimate of drug-likeness (QED) is 0.110. The summed E-state index contributed by atoms with van der Waals surface area (Å²) in [6.45, 7) is 0.878. The van der Waals surface area contributed by atoms with Crippen LogP contribution in [-0.2, 0) is 14.4 Å². The van der Waals surface area contributed by atoms with Crippen LogP contribution in [0.25, 0.3) is 0 Å². The average molecular weight is 426 g/mol. The number of likely N-dealkylation sites (N-methyl/N-ethyl adjacent to an activating group) is 1. The van der Waals surface area contributed by atoms with Crippen molar-refractivity contribution in [3.05, 3.63) is 0 Å². The molecule has 0 saturated carbocycles. The van der Waals surface area contributed by atoms with Gasteiger partial charge in [0, 0.05) is 13.1 Å². The maximum Gasteiger partial charge on any atom is 0.320 e. The molecule has 0 aromatic heterocycles. The number of carboxylic acids is 3. The Morgan fingerprint density at radius 2 is 1.34 bits per heavy atom. The zero-order valence-corrected chi connectivity index (χ0v) is 16.5. The molecule has 0 aliphatic rings. The third-order valence-electron chi connectivity index (χ3n) is 3.01. The van der Waals surface area contributed by atoms with E-state index < -0.39 is 36.0 Å². The molecule has 0 rings (SSSR count). The van der Waals surface area contributed by atoms with E-state index >= 15 is 0 Å². The molecule has 14 heteroatoms. The minimum atomic E-state index is -1.03. The minimum absolute atomic E-state index is 0.0417. The molecule has 0 fully saturated rings. The lowest BCUT2D eigenvalue weighted by atomic mass is 10.1. The number of nitrogens with one attached hydrogen (secondary N) is 3. The van der Waals surface area contributed by atoms with E-state index in [0.717, 1.165) is 6.42 Å². The number of carbonyl (C=O) groups excluding carboxylic acids is 1. The zero-order valence-electron chi connectivity index (χ0n) is 16.5. The fourth-order valence-electron chi connectivity index (χ4n) is 1.50. The third kappa shape index (κ3) is 30.4. The van der Waals surface area contributed by atoms with Crippen LogP contribution in [0.2, 0.25) is 0 Å². The van der Waals surface area contributed by atoms with Gasteiger partial charge in [-0.1, -0.05) is 0 Å². The molecule has 172 valence electrons. The molecule has 0 aliphatic carbocycles. The highest BCUT2D eigenvalue weighted by molar-refractivity contribution is 5.73. The van der Waals surface area contributed by atoms with Gasteiger partial charge < -0.3 is 48.4 Å². The van der Waals surface area contributed by atoms with E-state index in [9.17, 15) is 19.2 Å². The first kappa shape index (κ1) is 31.2. The lowest BCUT2D eigenvalue weighted by molar-refractivity contribution is -0.139. The first-order valence-electron chi connectivity index (χ1n) is 8.72. The maximum absolute atomic E-state index is 10.2. The van der Waals surface area contributed by atoms with Crippen LogP contribution in [-0.4, -0.2) is 83.2 Å². The molecule has 0 spiro atoms. The van der Waals surface area contributed by atoms with E-state index in [0.29, 0.717) is 38.8 Å². The second-order valence-electron chi connectivity index (χ2n) is 5.65. The number of carbonyl (C=O) groups is 4. The number of urea groups is 1. The summed E-state index contributed by atoms with van der Waals surface area (Å²) in [6.07, 6.45) is 2.74. The van der Waals surface area contributed by atoms with Crippen molar-refractivity contribution in [2.24, 2.45) is 17.2 Å². The van der Waals surface area contributed by atoms with Gasteiger partial charge in [-0.05, 0) is 39.2 Å². The summed E-state index contributed by atoms with van der Waals surface area (Å²) in [5, 5.41) is 37.5. The molecule has 0 aliphatic heterocycles. The van der Waals surface area contributed by atoms with E-state index in [1.807, 2.05) is 5.48 Å². The molecule has 0 aromatic carbocycles. The van der Waals surface area contributed by atoms with Gasteiger partial charge in [0.1, 0.15) is 12.1 Å². The molecule has 0 aromatic rings. The van der Waals surface area contributed by atoms with Gasteiger partial charge in [0.15, 0.2) is 0 Å². The monoisotopic (exact) mass is 426 g/mol. The molecular weight excluding hydrogens is 392 g/mol. The number of amides is 2. The minimum Gasteiger partial charge on any atom is -0.480 e. The molecule has 0 heterocycles. The van der Waals surface area contributed by atoms with Crippen molar-refractivity contribution >= 4 is 23.9 Å². The number of unbranched alkanes of at least 4 members (excludes halogenated alkanes) is 1. The van der Waals surface area contributed by atoms with Crippen LogP contribution >= 0.6 is 0 Å². The number of rotatable bonds is 13. The summed E-state index contributed by atoms with van der Waals surface area (Å²) in [5.74, 6) is -2.83. The van der Waals surface area contributed by atoms with E-state index in [2.05, 4.69) is 10.6 Å². The molecule has 13 N–H and O–H groups in total. The fourth-order valence-corrected chi connectivity index (χ4v) is 1.50. The second kappa shape index (κ2) is 21.8. The molecule has 2 amide bonds. The standard InChI is InChI=1S/C6H13N3O3.C6H14N2O3.C3H7NO2/c7-4(5(10)11)2-1-3-9-6(8)12;7-5(6(9)10)3-1-2-4-8-11;1-4-2-3(5)6/h4H,1-3,7H2,(H,10,11)(H3,8,9,12);5,8,11H,1-4,7H2,(H,9,10);4H,2H2,1H3,(H,5,6)/t4-;5-;/m00./s1. The molecule has 0 bridgehead atoms. The van der Waals surface area contributed by atoms with Crippen LogP contribution in [0.4, 0.5) is 4.79 Å². The van der Waals surface area contributed by atoms with Gasteiger partial charge in [0.25, 0.3) is 0 Å². The van der Waals surface area contributed by atoms with Crippen LogP contribution in [0.1, 0.15) is 32.1 Å². The van der Waals surface area contributed by atoms with Crippen LogP contribution in [0, 0.1) is 0 Å². The Kier molecular flexibility index (Phi) is 23.4. The molecule has 2 atom stereocenters. The predicted molar refractivity (Wildman–Crippen MR) is 103 cm³/mol. The Hall–Kier alpha value is -2.52. The van der Waals surface area contributed by atoms with Crippen molar-refractivity contribution in [1.29, 1.82) is 0 Å². The fraction of sp³-hybridized carbons (Fsp3) is 0.733. The van der Waals surface area contributed by atoms with Gasteiger partial charge >= 0.3 is 23.9 Å². The smallest absolute Gasteiger partial charge is 0.320 e. The average Bonchev–Trinajstić information content (AvgIpc) is 2.62. The van der Waals surface area contributed by atoms with Crippen LogP contribution in [0.3, 0.4) is 0 Å². The van der Waals surface area contributed by atoms with Gasteiger partial charge in [-0.25, -0.2) is 10.3 Å². The number of nitrogens with two attached hydrogens (primary N) is 3. The van der Waals surface area contributed by atoms with Gasteiger partial charge in [0.05, 0.1) is 6.54 Å². The highest BCUT2D eigenvalue weighted by Crippen LogP contribution is 1.97. The van der Waals surface area contributed by atoms with Crippen LogP contribution in [0.5, 0.6) is 0 Å². The first-order chi connectivity index (χ1) is 13.5. The Morgan fingerprint density at radius 3 is 1.66 bits per heavy atom. The van der Waals surface area contributed by atoms with Gasteiger partial charge in [-0.2, -0.15) is 0 Å². The van der Waals surface area contributed by atoms with E-state index in [-0.39, 0.29) is 6.54 Å². The first-order valence-corrected chi connectivity index (χ1v) is 8.72. The Balaban J connectivity index is -0.000000369. The Bertz CT molecular complexity index is 466. The molecule has 29 heavy (non-hydrogen) atoms. The highest BCUT2D eigenvalue weighted by Gasteiger charge is 2.10. The van der Waals surface area contributed by atoms with Crippen molar-refractivity contribution in [1.82, 2.24) is 16.1 Å². The van der Waals surface area contributed by atoms with Gasteiger partial charge in [-0.3, -0.25) is 14.4 Å². The third-order valence-corrected chi connectivity index (χ3v) is 3.01. The van der Waals surface area contributed by atoms with E-state index in [1.54, 1.807) is 7.05 Å². The lowest BCUT2D eigenvalue weighted by Crippen LogP contribution is -2.33. The topological polar surface area (TPSA) is 263 Å². The lowest BCUT2D eigenvalue weighted by Gasteiger charge is -2.05. The summed E-state index contributed by atoms with van der Waals surface area (Å²) in [5.41, 5.74) is 17.2. The van der Waals surface area contributed by atoms with Gasteiger partial charge in [-0.15, -0.1) is 0 Å². The molecule has 0 radical (unpaired) electrons. The van der Waals surface area contributed by atoms with Crippen molar-refractivity contribution < 1.29 is 39.7 Å².